The van der Waals surface area contributed by atoms with Gasteiger partial charge in [0.05, 0.1) is 0 Å². The van der Waals surface area contributed by atoms with Crippen LogP contribution in [0.2, 0.25) is 0 Å². The van der Waals surface area contributed by atoms with Crippen LogP contribution in [-0.4, -0.2) is 14.7 Å². The van der Waals surface area contributed by atoms with E-state index < -0.39 is 16.9 Å². The van der Waals surface area contributed by atoms with Gasteiger partial charge in [0.1, 0.15) is 0 Å². The second-order valence-electron chi connectivity index (χ2n) is 0.572. The zero-order valence-corrected chi connectivity index (χ0v) is 7.80. The Morgan fingerprint density at radius 2 is 1.88 bits per heavy atom. The molecule has 0 spiro atoms. The van der Waals surface area contributed by atoms with Gasteiger partial charge < -0.3 is 9.79 Å². The molecule has 0 aromatic rings. The van der Waals surface area contributed by atoms with Crippen LogP contribution < -0.4 is 0 Å². The molecule has 5 nitrogen and oxygen atoms in total. The topological polar surface area (TPSA) is 87.0 Å². The molecule has 0 saturated carbocycles. The molecule has 0 heterocycles. The molecule has 1 atom stereocenters. The Balaban J connectivity index is 0. The summed E-state index contributed by atoms with van der Waals surface area (Å²) >= 11 is 0. The average Bonchev–Trinajstić information content (AvgIpc) is 1.27. The van der Waals surface area contributed by atoms with Crippen LogP contribution in [0.25, 0.3) is 0 Å². The quantitative estimate of drug-likeness (QED) is 0.581. The minimum Gasteiger partial charge on any atom is -0.325 e. The molecule has 0 aromatic heterocycles. The van der Waals surface area contributed by atoms with Crippen molar-refractivity contribution in [1.29, 1.82) is 0 Å². The van der Waals surface area contributed by atoms with Gasteiger partial charge in [-0.05, 0) is 4.31 Å². The van der Waals surface area contributed by atoms with Crippen LogP contribution in [0.4, 0.5) is 0 Å². The van der Waals surface area contributed by atoms with Crippen molar-refractivity contribution in [2.75, 3.05) is 0 Å². The number of rotatable bonds is 2. The Hall–Kier alpha value is 1.25. The van der Waals surface area contributed by atoms with Gasteiger partial charge in [0.25, 0.3) is 0 Å². The van der Waals surface area contributed by atoms with Crippen LogP contribution in [-0.2, 0) is 35.1 Å². The molecule has 0 aliphatic carbocycles. The Kier molecular flexibility index (Phi) is 9.55. The van der Waals surface area contributed by atoms with Gasteiger partial charge in [-0.2, -0.15) is 0 Å². The van der Waals surface area contributed by atoms with Crippen molar-refractivity contribution in [2.45, 2.75) is 0 Å². The van der Waals surface area contributed by atoms with E-state index in [1.807, 2.05) is 0 Å². The summed E-state index contributed by atoms with van der Waals surface area (Å²) in [7, 11) is -5.53. The van der Waals surface area contributed by atoms with Crippen LogP contribution >= 0.6 is 16.9 Å². The molecule has 8 heteroatoms. The van der Waals surface area contributed by atoms with Crippen molar-refractivity contribution in [3.05, 3.63) is 0 Å². The van der Waals surface area contributed by atoms with E-state index in [4.69, 9.17) is 14.7 Å². The molecule has 0 bridgehead atoms. The van der Waals surface area contributed by atoms with Crippen molar-refractivity contribution in [1.82, 2.24) is 0 Å². The van der Waals surface area contributed by atoms with E-state index >= 15 is 0 Å². The Morgan fingerprint density at radius 1 is 1.50 bits per heavy atom. The van der Waals surface area contributed by atoms with E-state index in [0.717, 1.165) is 0 Å². The monoisotopic (exact) mass is 235 g/mol. The van der Waals surface area contributed by atoms with Gasteiger partial charge in [0, 0.05) is 30.8 Å². The summed E-state index contributed by atoms with van der Waals surface area (Å²) in [5, 5.41) is 0. The summed E-state index contributed by atoms with van der Waals surface area (Å²) in [6.07, 6.45) is 0. The van der Waals surface area contributed by atoms with E-state index in [1.54, 1.807) is 0 Å². The van der Waals surface area contributed by atoms with Gasteiger partial charge in [-0.3, -0.25) is 0 Å². The van der Waals surface area contributed by atoms with Crippen LogP contribution in [0.1, 0.15) is 0 Å². The zero-order chi connectivity index (χ0) is 5.86. The van der Waals surface area contributed by atoms with Crippen molar-refractivity contribution in [2.24, 2.45) is 0 Å². The summed E-state index contributed by atoms with van der Waals surface area (Å²) in [6, 6.07) is 0. The molecule has 8 heavy (non-hydrogen) atoms. The third kappa shape index (κ3) is 10.3. The maximum absolute atomic E-state index is 9.43. The van der Waals surface area contributed by atoms with Gasteiger partial charge in [-0.25, -0.2) is 0 Å². The van der Waals surface area contributed by atoms with E-state index in [0.29, 0.717) is 0 Å². The fourth-order valence-electron chi connectivity index (χ4n) is 0.0625. The molecule has 0 radical (unpaired) electrons. The second kappa shape index (κ2) is 6.37. The van der Waals surface area contributed by atoms with E-state index in [-0.39, 0.29) is 26.2 Å². The molecule has 0 aliphatic rings. The van der Waals surface area contributed by atoms with Crippen LogP contribution in [0.5, 0.6) is 0 Å². The number of hydrogen-bond donors (Lipinski definition) is 3. The molecular formula is H3O5P2Zr+. The van der Waals surface area contributed by atoms with Gasteiger partial charge >= 0.3 is 16.9 Å². The van der Waals surface area contributed by atoms with Crippen LogP contribution in [0.15, 0.2) is 0 Å². The van der Waals surface area contributed by atoms with Gasteiger partial charge in [-0.1, -0.05) is 0 Å². The van der Waals surface area contributed by atoms with E-state index in [1.165, 1.54) is 0 Å². The molecule has 0 rings (SSSR count). The molecule has 1 unspecified atom stereocenters. The first-order chi connectivity index (χ1) is 3.13. The molecule has 0 fully saturated rings. The molecule has 0 amide bonds. The first-order valence-electron chi connectivity index (χ1n) is 1.15. The number of hydrogen-bond acceptors (Lipinski definition) is 4. The van der Waals surface area contributed by atoms with E-state index in [9.17, 15) is 4.57 Å². The van der Waals surface area contributed by atoms with Gasteiger partial charge in [0.2, 0.25) is 0 Å². The molecule has 0 aliphatic heterocycles. The van der Waals surface area contributed by atoms with Gasteiger partial charge in [-0.15, -0.1) is 4.89 Å². The van der Waals surface area contributed by atoms with Crippen molar-refractivity contribution < 1.29 is 49.8 Å². The fourth-order valence-corrected chi connectivity index (χ4v) is 0.562. The Morgan fingerprint density at radius 3 is 1.88 bits per heavy atom. The third-order valence-corrected chi connectivity index (χ3v) is 1.29. The molecule has 0 aromatic carbocycles. The Bertz CT molecular complexity index is 70.8. The molecular weight excluding hydrogens is 233 g/mol. The van der Waals surface area contributed by atoms with Crippen LogP contribution in [0, 0.1) is 0 Å². The predicted molar refractivity (Wildman–Crippen MR) is 22.3 cm³/mol. The first kappa shape index (κ1) is 12.0. The SMILES string of the molecule is O=[P+](O)OP(O)O.[Zr]. The third-order valence-electron chi connectivity index (χ3n) is 0.143. The summed E-state index contributed by atoms with van der Waals surface area (Å²) in [5.41, 5.74) is 0. The van der Waals surface area contributed by atoms with Crippen molar-refractivity contribution >= 4 is 16.9 Å². The molecule has 0 saturated heterocycles. The average molecular weight is 236 g/mol. The fraction of sp³-hybridized carbons (Fsp3) is 0. The predicted octanol–water partition coefficient (Wildman–Crippen LogP) is -0.138. The maximum atomic E-state index is 9.43. The molecule has 3 N–H and O–H groups in total. The summed E-state index contributed by atoms with van der Waals surface area (Å²) in [4.78, 5) is 23.3. The van der Waals surface area contributed by atoms with Gasteiger partial charge in [0.15, 0.2) is 0 Å². The second-order valence-corrected chi connectivity index (χ2v) is 2.21. The van der Waals surface area contributed by atoms with Crippen LogP contribution in [0.3, 0.4) is 0 Å². The smallest absolute Gasteiger partial charge is 0.325 e. The summed E-state index contributed by atoms with van der Waals surface area (Å²) in [6.45, 7) is 0. The zero-order valence-electron chi connectivity index (χ0n) is 3.55. The summed E-state index contributed by atoms with van der Waals surface area (Å²) < 4.78 is 12.9. The molecule has 46 valence electrons. The summed E-state index contributed by atoms with van der Waals surface area (Å²) in [5.74, 6) is 0. The van der Waals surface area contributed by atoms with E-state index in [2.05, 4.69) is 4.31 Å². The Labute approximate surface area is 66.8 Å². The van der Waals surface area contributed by atoms with Crippen molar-refractivity contribution in [3.63, 3.8) is 0 Å². The van der Waals surface area contributed by atoms with Crippen molar-refractivity contribution in [3.8, 4) is 0 Å². The maximum Gasteiger partial charge on any atom is 0.702 e. The minimum absolute atomic E-state index is 0. The normalized spacial score (nSPS) is 10.8. The minimum atomic E-state index is -2.86. The first-order valence-corrected chi connectivity index (χ1v) is 3.44. The standard InChI is InChI=1S/H2O5P2.Zr/c1-6(2)5-7(3)4;/h1-2H;/p+1. The largest absolute Gasteiger partial charge is 0.702 e.